The van der Waals surface area contributed by atoms with Crippen molar-refractivity contribution >= 4 is 16.0 Å². The quantitative estimate of drug-likeness (QED) is 0.737. The van der Waals surface area contributed by atoms with Gasteiger partial charge in [0.05, 0.1) is 12.4 Å². The van der Waals surface area contributed by atoms with E-state index in [4.69, 9.17) is 0 Å². The van der Waals surface area contributed by atoms with Crippen LogP contribution in [0, 0.1) is 5.82 Å². The SMILES string of the molecule is CCOC(=O)CN(C)S(=O)(=O)Cc1cccc(F)c1. The first kappa shape index (κ1) is 15.6. The fourth-order valence-electron chi connectivity index (χ4n) is 1.43. The van der Waals surface area contributed by atoms with Crippen LogP contribution in [-0.4, -0.2) is 38.9 Å². The van der Waals surface area contributed by atoms with Gasteiger partial charge < -0.3 is 4.74 Å². The summed E-state index contributed by atoms with van der Waals surface area (Å²) in [5.41, 5.74) is 0.329. The Labute approximate surface area is 112 Å². The number of halogens is 1. The van der Waals surface area contributed by atoms with Crippen LogP contribution in [0.4, 0.5) is 4.39 Å². The van der Waals surface area contributed by atoms with Crippen LogP contribution in [0.1, 0.15) is 12.5 Å². The molecule has 106 valence electrons. The van der Waals surface area contributed by atoms with Gasteiger partial charge in [0.1, 0.15) is 12.4 Å². The van der Waals surface area contributed by atoms with Gasteiger partial charge in [-0.05, 0) is 24.6 Å². The van der Waals surface area contributed by atoms with E-state index in [2.05, 4.69) is 4.74 Å². The number of esters is 1. The molecule has 7 heteroatoms. The summed E-state index contributed by atoms with van der Waals surface area (Å²) < 4.78 is 42.4. The predicted octanol–water partition coefficient (Wildman–Crippen LogP) is 1.15. The molecule has 0 aliphatic heterocycles. The Morgan fingerprint density at radius 3 is 2.68 bits per heavy atom. The molecule has 0 aromatic heterocycles. The molecule has 0 N–H and O–H groups in total. The van der Waals surface area contributed by atoms with Crippen molar-refractivity contribution in [2.75, 3.05) is 20.2 Å². The molecule has 0 atom stereocenters. The minimum atomic E-state index is -3.68. The summed E-state index contributed by atoms with van der Waals surface area (Å²) in [6.07, 6.45) is 0. The number of carbonyl (C=O) groups excluding carboxylic acids is 1. The molecule has 0 heterocycles. The lowest BCUT2D eigenvalue weighted by atomic mass is 10.2. The van der Waals surface area contributed by atoms with Gasteiger partial charge >= 0.3 is 5.97 Å². The third kappa shape index (κ3) is 4.96. The second-order valence-corrected chi connectivity index (χ2v) is 6.02. The van der Waals surface area contributed by atoms with E-state index in [1.54, 1.807) is 6.92 Å². The molecule has 1 aromatic carbocycles. The number of rotatable bonds is 6. The highest BCUT2D eigenvalue weighted by Crippen LogP contribution is 2.11. The normalized spacial score (nSPS) is 11.6. The van der Waals surface area contributed by atoms with Crippen LogP contribution >= 0.6 is 0 Å². The van der Waals surface area contributed by atoms with Gasteiger partial charge in [-0.1, -0.05) is 12.1 Å². The molecule has 1 rings (SSSR count). The minimum Gasteiger partial charge on any atom is -0.465 e. The van der Waals surface area contributed by atoms with Crippen molar-refractivity contribution in [1.82, 2.24) is 4.31 Å². The van der Waals surface area contributed by atoms with E-state index in [9.17, 15) is 17.6 Å². The number of ether oxygens (including phenoxy) is 1. The molecular weight excluding hydrogens is 273 g/mol. The zero-order valence-corrected chi connectivity index (χ0v) is 11.6. The van der Waals surface area contributed by atoms with Crippen LogP contribution in [0.5, 0.6) is 0 Å². The van der Waals surface area contributed by atoms with Crippen molar-refractivity contribution in [3.63, 3.8) is 0 Å². The van der Waals surface area contributed by atoms with Gasteiger partial charge in [-0.2, -0.15) is 4.31 Å². The Morgan fingerprint density at radius 2 is 2.11 bits per heavy atom. The summed E-state index contributed by atoms with van der Waals surface area (Å²) in [5, 5.41) is 0. The van der Waals surface area contributed by atoms with E-state index in [-0.39, 0.29) is 18.9 Å². The van der Waals surface area contributed by atoms with Gasteiger partial charge in [0.2, 0.25) is 10.0 Å². The highest BCUT2D eigenvalue weighted by Gasteiger charge is 2.21. The molecule has 0 unspecified atom stereocenters. The Morgan fingerprint density at radius 1 is 1.42 bits per heavy atom. The predicted molar refractivity (Wildman–Crippen MR) is 68.3 cm³/mol. The minimum absolute atomic E-state index is 0.191. The zero-order valence-electron chi connectivity index (χ0n) is 10.8. The number of nitrogens with zero attached hydrogens (tertiary/aromatic N) is 1. The van der Waals surface area contributed by atoms with Crippen molar-refractivity contribution in [3.05, 3.63) is 35.6 Å². The maximum absolute atomic E-state index is 13.0. The maximum atomic E-state index is 13.0. The second-order valence-electron chi connectivity index (χ2n) is 3.95. The summed E-state index contributed by atoms with van der Waals surface area (Å²) >= 11 is 0. The number of benzene rings is 1. The average molecular weight is 289 g/mol. The van der Waals surface area contributed by atoms with Gasteiger partial charge in [0.25, 0.3) is 0 Å². The van der Waals surface area contributed by atoms with Gasteiger partial charge in [-0.3, -0.25) is 4.79 Å². The standard InChI is InChI=1S/C12H16FNO4S/c1-3-18-12(15)8-14(2)19(16,17)9-10-5-4-6-11(13)7-10/h4-7H,3,8-9H2,1-2H3. The number of carbonyl (C=O) groups is 1. The monoisotopic (exact) mass is 289 g/mol. The molecule has 0 saturated carbocycles. The molecule has 0 aliphatic carbocycles. The van der Waals surface area contributed by atoms with Crippen LogP contribution in [0.2, 0.25) is 0 Å². The molecule has 0 fully saturated rings. The molecule has 0 amide bonds. The number of hydrogen-bond acceptors (Lipinski definition) is 4. The molecule has 0 spiro atoms. The topological polar surface area (TPSA) is 63.7 Å². The van der Waals surface area contributed by atoms with Crippen molar-refractivity contribution in [2.45, 2.75) is 12.7 Å². The second kappa shape index (κ2) is 6.63. The summed E-state index contributed by atoms with van der Waals surface area (Å²) in [4.78, 5) is 11.2. The Bertz CT molecular complexity index is 544. The Kier molecular flexibility index (Phi) is 5.44. The number of sulfonamides is 1. The average Bonchev–Trinajstić information content (AvgIpc) is 2.28. The smallest absolute Gasteiger partial charge is 0.321 e. The lowest BCUT2D eigenvalue weighted by molar-refractivity contribution is -0.143. The fraction of sp³-hybridized carbons (Fsp3) is 0.417. The van der Waals surface area contributed by atoms with E-state index >= 15 is 0 Å². The summed E-state index contributed by atoms with van der Waals surface area (Å²) in [6.45, 7) is 1.47. The van der Waals surface area contributed by atoms with E-state index in [1.807, 2.05) is 0 Å². The lowest BCUT2D eigenvalue weighted by Gasteiger charge is -2.16. The van der Waals surface area contributed by atoms with Crippen LogP contribution in [0.3, 0.4) is 0 Å². The Balaban J connectivity index is 2.72. The first-order valence-corrected chi connectivity index (χ1v) is 7.30. The first-order valence-electron chi connectivity index (χ1n) is 5.69. The fourth-order valence-corrected chi connectivity index (χ4v) is 2.56. The van der Waals surface area contributed by atoms with Crippen LogP contribution in [0.15, 0.2) is 24.3 Å². The molecule has 19 heavy (non-hydrogen) atoms. The lowest BCUT2D eigenvalue weighted by Crippen LogP contribution is -2.34. The van der Waals surface area contributed by atoms with Gasteiger partial charge in [-0.15, -0.1) is 0 Å². The van der Waals surface area contributed by atoms with Gasteiger partial charge in [0, 0.05) is 7.05 Å². The highest BCUT2D eigenvalue weighted by atomic mass is 32.2. The molecule has 0 radical (unpaired) electrons. The van der Waals surface area contributed by atoms with Crippen molar-refractivity contribution in [2.24, 2.45) is 0 Å². The van der Waals surface area contributed by atoms with Gasteiger partial charge in [0.15, 0.2) is 0 Å². The van der Waals surface area contributed by atoms with Crippen molar-refractivity contribution in [1.29, 1.82) is 0 Å². The largest absolute Gasteiger partial charge is 0.465 e. The third-order valence-corrected chi connectivity index (χ3v) is 4.15. The van der Waals surface area contributed by atoms with E-state index in [0.29, 0.717) is 5.56 Å². The molecule has 1 aromatic rings. The van der Waals surface area contributed by atoms with Crippen LogP contribution in [-0.2, 0) is 25.3 Å². The molecule has 5 nitrogen and oxygen atoms in total. The van der Waals surface area contributed by atoms with E-state index in [0.717, 1.165) is 10.4 Å². The van der Waals surface area contributed by atoms with Crippen LogP contribution in [0.25, 0.3) is 0 Å². The molecule has 0 bridgehead atoms. The van der Waals surface area contributed by atoms with Crippen molar-refractivity contribution in [3.8, 4) is 0 Å². The molecular formula is C12H16FNO4S. The summed E-state index contributed by atoms with van der Waals surface area (Å²) in [5.74, 6) is -1.48. The highest BCUT2D eigenvalue weighted by molar-refractivity contribution is 7.88. The molecule has 0 saturated heterocycles. The number of likely N-dealkylation sites (N-methyl/N-ethyl adjacent to an activating group) is 1. The third-order valence-electron chi connectivity index (χ3n) is 2.37. The first-order chi connectivity index (χ1) is 8.85. The summed E-state index contributed by atoms with van der Waals surface area (Å²) in [6, 6.07) is 5.33. The van der Waals surface area contributed by atoms with E-state index in [1.165, 1.54) is 25.2 Å². The van der Waals surface area contributed by atoms with E-state index < -0.39 is 21.8 Å². The molecule has 0 aliphatic rings. The maximum Gasteiger partial charge on any atom is 0.321 e. The Hall–Kier alpha value is -1.47. The van der Waals surface area contributed by atoms with Gasteiger partial charge in [-0.25, -0.2) is 12.8 Å². The summed E-state index contributed by atoms with van der Waals surface area (Å²) in [7, 11) is -2.39. The number of hydrogen-bond donors (Lipinski definition) is 0. The zero-order chi connectivity index (χ0) is 14.5. The van der Waals surface area contributed by atoms with Crippen LogP contribution < -0.4 is 0 Å². The van der Waals surface area contributed by atoms with Crippen molar-refractivity contribution < 1.29 is 22.3 Å².